The molecule has 2 rings (SSSR count). The Labute approximate surface area is 158 Å². The molecule has 0 saturated carbocycles. The molecule has 2 aromatic rings. The summed E-state index contributed by atoms with van der Waals surface area (Å²) in [7, 11) is -3.69. The normalized spacial score (nSPS) is 12.6. The largest absolute Gasteiger partial charge is 0.325 e. The number of hydrogen-bond acceptors (Lipinski definition) is 3. The number of aryl methyl sites for hydroxylation is 1. The predicted octanol–water partition coefficient (Wildman–Crippen LogP) is 4.50. The zero-order valence-corrected chi connectivity index (χ0v) is 16.3. The van der Waals surface area contributed by atoms with Crippen molar-refractivity contribution in [3.05, 3.63) is 63.6 Å². The molecule has 7 heteroatoms. The number of benzene rings is 2. The van der Waals surface area contributed by atoms with Crippen molar-refractivity contribution in [3.8, 4) is 0 Å². The number of carbonyl (C=O) groups excluding carboxylic acids is 1. The molecule has 0 radical (unpaired) electrons. The Morgan fingerprint density at radius 2 is 1.64 bits per heavy atom. The van der Waals surface area contributed by atoms with Crippen LogP contribution in [0.5, 0.6) is 0 Å². The average Bonchev–Trinajstić information content (AvgIpc) is 2.58. The number of rotatable bonds is 6. The van der Waals surface area contributed by atoms with Crippen molar-refractivity contribution in [3.63, 3.8) is 0 Å². The Balaban J connectivity index is 2.09. The van der Waals surface area contributed by atoms with Crippen LogP contribution in [-0.2, 0) is 26.8 Å². The lowest BCUT2D eigenvalue weighted by Gasteiger charge is -2.14. The minimum Gasteiger partial charge on any atom is -0.325 e. The van der Waals surface area contributed by atoms with Crippen LogP contribution in [0.3, 0.4) is 0 Å². The highest BCUT2D eigenvalue weighted by Crippen LogP contribution is 2.24. The highest BCUT2D eigenvalue weighted by Gasteiger charge is 2.28. The first-order valence-corrected chi connectivity index (χ1v) is 10.3. The summed E-state index contributed by atoms with van der Waals surface area (Å²) in [4.78, 5) is 12.3. The van der Waals surface area contributed by atoms with Gasteiger partial charge in [-0.15, -0.1) is 0 Å². The summed E-state index contributed by atoms with van der Waals surface area (Å²) in [5.41, 5.74) is 2.19. The molecule has 0 fully saturated rings. The lowest BCUT2D eigenvalue weighted by molar-refractivity contribution is -0.115. The first-order chi connectivity index (χ1) is 11.7. The molecule has 1 unspecified atom stereocenters. The number of hydrogen-bond donors (Lipinski definition) is 1. The molecule has 0 aliphatic heterocycles. The maximum atomic E-state index is 12.5. The van der Waals surface area contributed by atoms with E-state index in [0.29, 0.717) is 16.3 Å². The van der Waals surface area contributed by atoms with Gasteiger partial charge in [-0.3, -0.25) is 4.79 Å². The van der Waals surface area contributed by atoms with E-state index in [2.05, 4.69) is 5.32 Å². The number of nitrogens with one attached hydrogen (secondary N) is 1. The second kappa shape index (κ2) is 8.21. The van der Waals surface area contributed by atoms with Crippen LogP contribution in [0.4, 0.5) is 5.69 Å². The third-order valence-corrected chi connectivity index (χ3v) is 6.66. The zero-order chi connectivity index (χ0) is 18.6. The lowest BCUT2D eigenvalue weighted by atomic mass is 10.1. The van der Waals surface area contributed by atoms with Crippen molar-refractivity contribution in [1.82, 2.24) is 0 Å². The molecule has 4 nitrogen and oxygen atoms in total. The molecule has 1 atom stereocenters. The van der Waals surface area contributed by atoms with E-state index in [4.69, 9.17) is 23.2 Å². The van der Waals surface area contributed by atoms with Gasteiger partial charge >= 0.3 is 0 Å². The van der Waals surface area contributed by atoms with E-state index in [1.165, 1.54) is 19.1 Å². The number of amides is 1. The summed E-state index contributed by atoms with van der Waals surface area (Å²) in [6.07, 6.45) is 0.892. The quantitative estimate of drug-likeness (QED) is 0.777. The first kappa shape index (κ1) is 19.8. The number of halogens is 2. The van der Waals surface area contributed by atoms with Crippen LogP contribution in [0.2, 0.25) is 10.0 Å². The highest BCUT2D eigenvalue weighted by atomic mass is 35.5. The van der Waals surface area contributed by atoms with E-state index in [0.717, 1.165) is 12.0 Å². The molecule has 25 heavy (non-hydrogen) atoms. The molecule has 2 aromatic carbocycles. The molecule has 0 aromatic heterocycles. The van der Waals surface area contributed by atoms with Crippen LogP contribution in [0, 0.1) is 0 Å². The van der Waals surface area contributed by atoms with Crippen molar-refractivity contribution in [1.29, 1.82) is 0 Å². The van der Waals surface area contributed by atoms with Crippen molar-refractivity contribution in [2.45, 2.75) is 31.3 Å². The molecule has 0 aliphatic carbocycles. The Bertz CT molecular complexity index is 864. The van der Waals surface area contributed by atoms with Crippen LogP contribution in [0.15, 0.2) is 42.5 Å². The molecule has 0 heterocycles. The zero-order valence-electron chi connectivity index (χ0n) is 13.9. The van der Waals surface area contributed by atoms with Gasteiger partial charge in [0.05, 0.1) is 15.8 Å². The van der Waals surface area contributed by atoms with Gasteiger partial charge in [-0.2, -0.15) is 0 Å². The Morgan fingerprint density at radius 3 is 2.20 bits per heavy atom. The van der Waals surface area contributed by atoms with Crippen molar-refractivity contribution >= 4 is 44.6 Å². The van der Waals surface area contributed by atoms with Gasteiger partial charge < -0.3 is 5.32 Å². The molecule has 0 aliphatic rings. The topological polar surface area (TPSA) is 63.2 Å². The molecular weight excluding hydrogens is 381 g/mol. The fraction of sp³-hybridized carbons (Fsp3) is 0.278. The van der Waals surface area contributed by atoms with Crippen LogP contribution in [-0.4, -0.2) is 19.6 Å². The second-order valence-electron chi connectivity index (χ2n) is 5.74. The maximum absolute atomic E-state index is 12.5. The molecule has 134 valence electrons. The van der Waals surface area contributed by atoms with Gasteiger partial charge in [-0.05, 0) is 48.7 Å². The van der Waals surface area contributed by atoms with Gasteiger partial charge in [0.15, 0.2) is 9.84 Å². The fourth-order valence-corrected chi connectivity index (χ4v) is 3.82. The number of carbonyl (C=O) groups is 1. The number of sulfone groups is 1. The second-order valence-corrected chi connectivity index (χ2v) is 8.87. The monoisotopic (exact) mass is 399 g/mol. The summed E-state index contributed by atoms with van der Waals surface area (Å²) in [6.45, 7) is 3.41. The third kappa shape index (κ3) is 5.21. The van der Waals surface area contributed by atoms with E-state index >= 15 is 0 Å². The van der Waals surface area contributed by atoms with Gasteiger partial charge in [-0.25, -0.2) is 8.42 Å². The van der Waals surface area contributed by atoms with E-state index < -0.39 is 21.0 Å². The summed E-state index contributed by atoms with van der Waals surface area (Å²) >= 11 is 11.7. The van der Waals surface area contributed by atoms with Gasteiger partial charge in [0, 0.05) is 5.69 Å². The van der Waals surface area contributed by atoms with E-state index in [1.807, 2.05) is 19.1 Å². The molecule has 1 amide bonds. The van der Waals surface area contributed by atoms with Crippen molar-refractivity contribution < 1.29 is 13.2 Å². The Kier molecular flexibility index (Phi) is 6.49. The predicted molar refractivity (Wildman–Crippen MR) is 103 cm³/mol. The average molecular weight is 400 g/mol. The Hall–Kier alpha value is -1.56. The minimum absolute atomic E-state index is 0.280. The highest BCUT2D eigenvalue weighted by molar-refractivity contribution is 7.92. The Morgan fingerprint density at radius 1 is 1.04 bits per heavy atom. The first-order valence-electron chi connectivity index (χ1n) is 7.78. The molecule has 1 N–H and O–H groups in total. The van der Waals surface area contributed by atoms with E-state index in [1.54, 1.807) is 18.2 Å². The number of anilines is 1. The smallest absolute Gasteiger partial charge is 0.242 e. The molecule has 0 saturated heterocycles. The van der Waals surface area contributed by atoms with Crippen molar-refractivity contribution in [2.24, 2.45) is 0 Å². The molecular formula is C18H19Cl2NO3S. The lowest BCUT2D eigenvalue weighted by Crippen LogP contribution is -2.33. The standard InChI is InChI=1S/C18H19Cl2NO3S/c1-3-13-4-7-15(8-5-13)21-18(22)12(2)25(23,24)11-14-6-9-16(19)17(20)10-14/h4-10,12H,3,11H2,1-2H3,(H,21,22). The van der Waals surface area contributed by atoms with Crippen LogP contribution < -0.4 is 5.32 Å². The fourth-order valence-electron chi connectivity index (χ4n) is 2.22. The summed E-state index contributed by atoms with van der Waals surface area (Å²) in [5, 5.41) is 2.08. The van der Waals surface area contributed by atoms with Crippen LogP contribution in [0.25, 0.3) is 0 Å². The minimum atomic E-state index is -3.69. The third-order valence-electron chi connectivity index (χ3n) is 3.89. The van der Waals surface area contributed by atoms with Gasteiger partial charge in [0.25, 0.3) is 0 Å². The van der Waals surface area contributed by atoms with E-state index in [-0.39, 0.29) is 10.8 Å². The van der Waals surface area contributed by atoms with Crippen LogP contribution in [0.1, 0.15) is 25.0 Å². The van der Waals surface area contributed by atoms with Gasteiger partial charge in [0.2, 0.25) is 5.91 Å². The van der Waals surface area contributed by atoms with Gasteiger partial charge in [0.1, 0.15) is 5.25 Å². The summed E-state index contributed by atoms with van der Waals surface area (Å²) in [5.74, 6) is -0.850. The molecule has 0 bridgehead atoms. The van der Waals surface area contributed by atoms with Gasteiger partial charge in [-0.1, -0.05) is 48.3 Å². The SMILES string of the molecule is CCc1ccc(NC(=O)C(C)S(=O)(=O)Cc2ccc(Cl)c(Cl)c2)cc1. The maximum Gasteiger partial charge on any atom is 0.242 e. The molecule has 0 spiro atoms. The van der Waals surface area contributed by atoms with E-state index in [9.17, 15) is 13.2 Å². The summed E-state index contributed by atoms with van der Waals surface area (Å²) in [6, 6.07) is 11.9. The van der Waals surface area contributed by atoms with Crippen LogP contribution >= 0.6 is 23.2 Å². The summed E-state index contributed by atoms with van der Waals surface area (Å²) < 4.78 is 25.0. The van der Waals surface area contributed by atoms with Crippen molar-refractivity contribution in [2.75, 3.05) is 5.32 Å².